The van der Waals surface area contributed by atoms with Crippen molar-refractivity contribution >= 4 is 0 Å². The van der Waals surface area contributed by atoms with Crippen molar-refractivity contribution < 1.29 is 5.11 Å². The van der Waals surface area contributed by atoms with Crippen molar-refractivity contribution in [2.75, 3.05) is 0 Å². The Kier molecular flexibility index (Phi) is 6.06. The van der Waals surface area contributed by atoms with E-state index in [0.29, 0.717) is 6.42 Å². The highest BCUT2D eigenvalue weighted by Crippen LogP contribution is 2.04. The van der Waals surface area contributed by atoms with E-state index in [-0.39, 0.29) is 6.10 Å². The molecule has 9 heavy (non-hydrogen) atoms. The molecule has 0 aromatic carbocycles. The van der Waals surface area contributed by atoms with E-state index in [1.807, 2.05) is 0 Å². The van der Waals surface area contributed by atoms with E-state index in [0.717, 1.165) is 12.8 Å². The first kappa shape index (κ1) is 8.96. The predicted molar refractivity (Wildman–Crippen MR) is 40.1 cm³/mol. The Bertz CT molecular complexity index is 52.5. The van der Waals surface area contributed by atoms with Crippen LogP contribution in [0, 0.1) is 6.92 Å². The second kappa shape index (κ2) is 6.09. The summed E-state index contributed by atoms with van der Waals surface area (Å²) in [5, 5.41) is 9.02. The minimum atomic E-state index is -0.156. The number of hydrogen-bond donors (Lipinski definition) is 1. The highest BCUT2D eigenvalue weighted by molar-refractivity contribution is 4.55. The lowest BCUT2D eigenvalue weighted by molar-refractivity contribution is 0.163. The van der Waals surface area contributed by atoms with Gasteiger partial charge in [0, 0.05) is 0 Å². The van der Waals surface area contributed by atoms with Gasteiger partial charge in [0.15, 0.2) is 0 Å². The van der Waals surface area contributed by atoms with Crippen molar-refractivity contribution in [1.29, 1.82) is 0 Å². The van der Waals surface area contributed by atoms with E-state index >= 15 is 0 Å². The first-order valence-corrected chi connectivity index (χ1v) is 3.78. The molecule has 0 aliphatic heterocycles. The molecule has 55 valence electrons. The fourth-order valence-electron chi connectivity index (χ4n) is 0.774. The number of rotatable bonds is 5. The molecule has 0 aromatic rings. The molecule has 0 aliphatic carbocycles. The van der Waals surface area contributed by atoms with E-state index < -0.39 is 0 Å². The van der Waals surface area contributed by atoms with E-state index in [1.54, 1.807) is 0 Å². The van der Waals surface area contributed by atoms with Crippen LogP contribution in [-0.2, 0) is 0 Å². The van der Waals surface area contributed by atoms with Crippen LogP contribution in [0.4, 0.5) is 0 Å². The van der Waals surface area contributed by atoms with Gasteiger partial charge in [0.2, 0.25) is 0 Å². The summed E-state index contributed by atoms with van der Waals surface area (Å²) in [6.07, 6.45) is 5.03. The summed E-state index contributed by atoms with van der Waals surface area (Å²) in [4.78, 5) is 0. The third-order valence-corrected chi connectivity index (χ3v) is 1.47. The summed E-state index contributed by atoms with van der Waals surface area (Å²) in [6.45, 7) is 5.78. The predicted octanol–water partition coefficient (Wildman–Crippen LogP) is 2.15. The van der Waals surface area contributed by atoms with Crippen LogP contribution in [0.5, 0.6) is 0 Å². The molecule has 1 atom stereocenters. The molecular weight excluding hydrogens is 112 g/mol. The van der Waals surface area contributed by atoms with Crippen molar-refractivity contribution in [2.45, 2.75) is 45.1 Å². The molecule has 0 saturated carbocycles. The van der Waals surface area contributed by atoms with E-state index in [9.17, 15) is 0 Å². The molecule has 0 heterocycles. The molecule has 1 unspecified atom stereocenters. The lowest BCUT2D eigenvalue weighted by atomic mass is 10.1. The van der Waals surface area contributed by atoms with E-state index in [1.165, 1.54) is 12.8 Å². The van der Waals surface area contributed by atoms with Crippen molar-refractivity contribution in [2.24, 2.45) is 0 Å². The van der Waals surface area contributed by atoms with Gasteiger partial charge in [-0.2, -0.15) is 0 Å². The zero-order valence-corrected chi connectivity index (χ0v) is 6.27. The summed E-state index contributed by atoms with van der Waals surface area (Å²) in [6, 6.07) is 0. The number of unbranched alkanes of at least 4 members (excludes halogenated alkanes) is 2. The molecule has 0 aliphatic rings. The van der Waals surface area contributed by atoms with E-state index in [4.69, 9.17) is 5.11 Å². The third kappa shape index (κ3) is 5.84. The average molecular weight is 129 g/mol. The second-order valence-electron chi connectivity index (χ2n) is 2.44. The van der Waals surface area contributed by atoms with Crippen LogP contribution in [0.25, 0.3) is 0 Å². The van der Waals surface area contributed by atoms with Gasteiger partial charge in [-0.1, -0.05) is 33.1 Å². The standard InChI is InChI=1S/C8H17O/c1-3-5-6-7-8(9)4-2/h8-9H,2-7H2,1H3. The van der Waals surface area contributed by atoms with Crippen molar-refractivity contribution in [3.05, 3.63) is 6.92 Å². The summed E-state index contributed by atoms with van der Waals surface area (Å²) in [5.41, 5.74) is 0. The van der Waals surface area contributed by atoms with Crippen LogP contribution in [0.2, 0.25) is 0 Å². The molecular formula is C8H17O. The normalized spacial score (nSPS) is 13.7. The van der Waals surface area contributed by atoms with Gasteiger partial charge in [-0.05, 0) is 12.8 Å². The molecule has 0 fully saturated rings. The summed E-state index contributed by atoms with van der Waals surface area (Å²) in [7, 11) is 0. The number of aliphatic hydroxyl groups excluding tert-OH is 1. The topological polar surface area (TPSA) is 20.2 Å². The van der Waals surface area contributed by atoms with Crippen LogP contribution < -0.4 is 0 Å². The first-order chi connectivity index (χ1) is 4.31. The SMILES string of the molecule is [CH2]CC(O)CCCCC. The maximum Gasteiger partial charge on any atom is 0.0540 e. The quantitative estimate of drug-likeness (QED) is 0.564. The fraction of sp³-hybridized carbons (Fsp3) is 0.875. The van der Waals surface area contributed by atoms with Gasteiger partial charge in [-0.15, -0.1) is 0 Å². The molecule has 0 amide bonds. The Balaban J connectivity index is 2.88. The molecule has 0 bridgehead atoms. The Labute approximate surface area is 58.1 Å². The molecule has 1 heteroatoms. The summed E-state index contributed by atoms with van der Waals surface area (Å²) >= 11 is 0. The summed E-state index contributed by atoms with van der Waals surface area (Å²) in [5.74, 6) is 0. The van der Waals surface area contributed by atoms with Gasteiger partial charge < -0.3 is 5.11 Å². The Morgan fingerprint density at radius 2 is 2.11 bits per heavy atom. The molecule has 1 nitrogen and oxygen atoms in total. The smallest absolute Gasteiger partial charge is 0.0540 e. The van der Waals surface area contributed by atoms with Gasteiger partial charge in [0.1, 0.15) is 0 Å². The Hall–Kier alpha value is -0.0400. The highest BCUT2D eigenvalue weighted by atomic mass is 16.3. The average Bonchev–Trinajstić information content (AvgIpc) is 1.89. The van der Waals surface area contributed by atoms with Gasteiger partial charge in [-0.25, -0.2) is 0 Å². The zero-order valence-electron chi connectivity index (χ0n) is 6.27. The van der Waals surface area contributed by atoms with Crippen molar-refractivity contribution in [3.8, 4) is 0 Å². The number of aliphatic hydroxyl groups is 1. The van der Waals surface area contributed by atoms with Crippen LogP contribution in [0.15, 0.2) is 0 Å². The largest absolute Gasteiger partial charge is 0.393 e. The van der Waals surface area contributed by atoms with Gasteiger partial charge in [0.25, 0.3) is 0 Å². The maximum absolute atomic E-state index is 9.02. The van der Waals surface area contributed by atoms with Gasteiger partial charge >= 0.3 is 0 Å². The molecule has 0 rings (SSSR count). The van der Waals surface area contributed by atoms with Crippen LogP contribution in [0.3, 0.4) is 0 Å². The minimum absolute atomic E-state index is 0.156. The Morgan fingerprint density at radius 3 is 2.56 bits per heavy atom. The van der Waals surface area contributed by atoms with Gasteiger partial charge in [0.05, 0.1) is 6.10 Å². The van der Waals surface area contributed by atoms with E-state index in [2.05, 4.69) is 13.8 Å². The van der Waals surface area contributed by atoms with Crippen LogP contribution in [-0.4, -0.2) is 11.2 Å². The van der Waals surface area contributed by atoms with Crippen molar-refractivity contribution in [3.63, 3.8) is 0 Å². The maximum atomic E-state index is 9.02. The first-order valence-electron chi connectivity index (χ1n) is 3.78. The number of hydrogen-bond acceptors (Lipinski definition) is 1. The van der Waals surface area contributed by atoms with Gasteiger partial charge in [-0.3, -0.25) is 0 Å². The van der Waals surface area contributed by atoms with Crippen molar-refractivity contribution in [1.82, 2.24) is 0 Å². The molecule has 0 aromatic heterocycles. The van der Waals surface area contributed by atoms with Crippen LogP contribution >= 0.6 is 0 Å². The molecule has 0 saturated heterocycles. The second-order valence-corrected chi connectivity index (χ2v) is 2.44. The minimum Gasteiger partial charge on any atom is -0.393 e. The lowest BCUT2D eigenvalue weighted by Gasteiger charge is -2.04. The Morgan fingerprint density at radius 1 is 1.44 bits per heavy atom. The zero-order chi connectivity index (χ0) is 7.11. The third-order valence-electron chi connectivity index (χ3n) is 1.47. The monoisotopic (exact) mass is 129 g/mol. The summed E-state index contributed by atoms with van der Waals surface area (Å²) < 4.78 is 0. The molecule has 1 radical (unpaired) electrons. The molecule has 0 spiro atoms. The highest BCUT2D eigenvalue weighted by Gasteiger charge is 1.97. The fourth-order valence-corrected chi connectivity index (χ4v) is 0.774. The van der Waals surface area contributed by atoms with Crippen LogP contribution in [0.1, 0.15) is 39.0 Å². The molecule has 1 N–H and O–H groups in total. The lowest BCUT2D eigenvalue weighted by Crippen LogP contribution is -2.03.